The van der Waals surface area contributed by atoms with Crippen LogP contribution in [-0.2, 0) is 16.1 Å². The van der Waals surface area contributed by atoms with Gasteiger partial charge in [0.15, 0.2) is 0 Å². The first-order valence-corrected chi connectivity index (χ1v) is 11.4. The van der Waals surface area contributed by atoms with Gasteiger partial charge in [-0.15, -0.1) is 0 Å². The van der Waals surface area contributed by atoms with E-state index in [4.69, 9.17) is 10.5 Å². The van der Waals surface area contributed by atoms with E-state index in [1.807, 2.05) is 0 Å². The first-order chi connectivity index (χ1) is 17.7. The maximum absolute atomic E-state index is 13.8. The van der Waals surface area contributed by atoms with Crippen molar-refractivity contribution in [3.8, 4) is 0 Å². The molecule has 0 unspecified atom stereocenters. The Hall–Kier alpha value is -4.32. The SMILES string of the molecule is Cc1c(F)cccc1CNC(=O)N(C)[C@@H](CNC(=O)CN)COC(=O)Nc1cc2cc(F)ccc2cn1. The third-order valence-electron chi connectivity index (χ3n) is 5.72. The van der Waals surface area contributed by atoms with Crippen LogP contribution >= 0.6 is 0 Å². The fourth-order valence-electron chi connectivity index (χ4n) is 3.41. The van der Waals surface area contributed by atoms with Crippen molar-refractivity contribution < 1.29 is 27.9 Å². The van der Waals surface area contributed by atoms with Crippen LogP contribution in [0.1, 0.15) is 11.1 Å². The molecule has 4 amide bonds. The topological polar surface area (TPSA) is 139 Å². The van der Waals surface area contributed by atoms with Gasteiger partial charge < -0.3 is 26.0 Å². The zero-order valence-corrected chi connectivity index (χ0v) is 20.4. The molecule has 5 N–H and O–H groups in total. The van der Waals surface area contributed by atoms with Gasteiger partial charge in [0.2, 0.25) is 5.91 Å². The fourth-order valence-corrected chi connectivity index (χ4v) is 3.41. The van der Waals surface area contributed by atoms with E-state index in [-0.39, 0.29) is 37.9 Å². The number of nitrogens with one attached hydrogen (secondary N) is 3. The maximum atomic E-state index is 13.8. The Balaban J connectivity index is 1.61. The normalized spacial score (nSPS) is 11.5. The minimum atomic E-state index is -0.859. The Bertz CT molecular complexity index is 1290. The number of amides is 4. The summed E-state index contributed by atoms with van der Waals surface area (Å²) in [4.78, 5) is 42.1. The van der Waals surface area contributed by atoms with E-state index < -0.39 is 29.9 Å². The second-order valence-corrected chi connectivity index (χ2v) is 8.24. The van der Waals surface area contributed by atoms with Crippen molar-refractivity contribution in [1.29, 1.82) is 0 Å². The van der Waals surface area contributed by atoms with Gasteiger partial charge in [-0.25, -0.2) is 23.4 Å². The Morgan fingerprint density at radius 1 is 1.11 bits per heavy atom. The number of carbonyl (C=O) groups is 3. The van der Waals surface area contributed by atoms with E-state index in [2.05, 4.69) is 20.9 Å². The van der Waals surface area contributed by atoms with Gasteiger partial charge in [-0.05, 0) is 53.8 Å². The summed E-state index contributed by atoms with van der Waals surface area (Å²) in [6.45, 7) is 1.11. The van der Waals surface area contributed by atoms with Crippen LogP contribution < -0.4 is 21.7 Å². The molecule has 10 nitrogen and oxygen atoms in total. The number of anilines is 1. The van der Waals surface area contributed by atoms with Gasteiger partial charge in [0.05, 0.1) is 12.6 Å². The predicted molar refractivity (Wildman–Crippen MR) is 134 cm³/mol. The fraction of sp³-hybridized carbons (Fsp3) is 0.280. The van der Waals surface area contributed by atoms with Gasteiger partial charge in [-0.3, -0.25) is 10.1 Å². The largest absolute Gasteiger partial charge is 0.447 e. The van der Waals surface area contributed by atoms with Crippen molar-refractivity contribution in [2.45, 2.75) is 19.5 Å². The third-order valence-corrected chi connectivity index (χ3v) is 5.72. The van der Waals surface area contributed by atoms with Crippen molar-refractivity contribution in [3.05, 3.63) is 71.4 Å². The molecule has 0 spiro atoms. The lowest BCUT2D eigenvalue weighted by atomic mass is 10.1. The number of benzene rings is 2. The molecule has 0 saturated carbocycles. The molecule has 12 heteroatoms. The lowest BCUT2D eigenvalue weighted by Gasteiger charge is -2.28. The number of ether oxygens (including phenoxy) is 1. The van der Waals surface area contributed by atoms with E-state index >= 15 is 0 Å². The molecule has 0 aliphatic heterocycles. The van der Waals surface area contributed by atoms with E-state index in [0.717, 1.165) is 0 Å². The summed E-state index contributed by atoms with van der Waals surface area (Å²) in [6.07, 6.45) is 0.621. The van der Waals surface area contributed by atoms with Crippen LogP contribution in [0.2, 0.25) is 0 Å². The summed E-state index contributed by atoms with van der Waals surface area (Å²) in [5.74, 6) is -1.12. The molecule has 3 aromatic rings. The van der Waals surface area contributed by atoms with E-state index in [9.17, 15) is 23.2 Å². The predicted octanol–water partition coefficient (Wildman–Crippen LogP) is 2.66. The Morgan fingerprint density at radius 2 is 1.89 bits per heavy atom. The number of aromatic nitrogens is 1. The minimum Gasteiger partial charge on any atom is -0.447 e. The molecule has 0 aliphatic carbocycles. The number of halogens is 2. The van der Waals surface area contributed by atoms with Gasteiger partial charge in [0, 0.05) is 31.7 Å². The highest BCUT2D eigenvalue weighted by molar-refractivity contribution is 5.89. The standard InChI is InChI=1S/C25H28F2N6O4/c1-15-16(4-3-5-21(15)27)11-31-24(35)33(2)20(13-30-23(34)10-28)14-37-25(36)32-22-9-18-8-19(26)7-6-17(18)12-29-22/h3-9,12,20H,10-11,13-14,28H2,1-2H3,(H,30,34)(H,31,35)(H,29,32,36)/t20-/m0/s1. The molecule has 3 rings (SSSR count). The summed E-state index contributed by atoms with van der Waals surface area (Å²) in [5, 5.41) is 8.93. The van der Waals surface area contributed by atoms with Crippen molar-refractivity contribution in [3.63, 3.8) is 0 Å². The molecule has 0 saturated heterocycles. The van der Waals surface area contributed by atoms with Crippen LogP contribution in [0.5, 0.6) is 0 Å². The molecule has 37 heavy (non-hydrogen) atoms. The number of rotatable bonds is 9. The number of pyridine rings is 1. The van der Waals surface area contributed by atoms with Crippen LogP contribution in [0.4, 0.5) is 24.2 Å². The number of hydrogen-bond donors (Lipinski definition) is 4. The van der Waals surface area contributed by atoms with E-state index in [1.165, 1.54) is 42.4 Å². The lowest BCUT2D eigenvalue weighted by Crippen LogP contribution is -2.51. The number of urea groups is 1. The molecule has 2 aromatic carbocycles. The van der Waals surface area contributed by atoms with Gasteiger partial charge in [-0.1, -0.05) is 12.1 Å². The zero-order valence-electron chi connectivity index (χ0n) is 20.4. The van der Waals surface area contributed by atoms with Crippen molar-refractivity contribution in [1.82, 2.24) is 20.5 Å². The minimum absolute atomic E-state index is 0.0419. The van der Waals surface area contributed by atoms with Gasteiger partial charge in [0.1, 0.15) is 24.1 Å². The summed E-state index contributed by atoms with van der Waals surface area (Å²) in [7, 11) is 1.47. The molecule has 1 heterocycles. The van der Waals surface area contributed by atoms with Gasteiger partial charge >= 0.3 is 12.1 Å². The summed E-state index contributed by atoms with van der Waals surface area (Å²) in [5.41, 5.74) is 6.35. The third kappa shape index (κ3) is 7.58. The van der Waals surface area contributed by atoms with Crippen LogP contribution in [-0.4, -0.2) is 60.7 Å². The Kier molecular flexibility index (Phi) is 9.27. The van der Waals surface area contributed by atoms with Crippen LogP contribution in [0.25, 0.3) is 10.8 Å². The van der Waals surface area contributed by atoms with Crippen LogP contribution in [0, 0.1) is 18.6 Å². The number of carbonyl (C=O) groups excluding carboxylic acids is 3. The molecular weight excluding hydrogens is 486 g/mol. The number of hydrogen-bond acceptors (Lipinski definition) is 6. The molecule has 0 radical (unpaired) electrons. The van der Waals surface area contributed by atoms with Crippen molar-refractivity contribution in [2.75, 3.05) is 32.1 Å². The maximum Gasteiger partial charge on any atom is 0.412 e. The Morgan fingerprint density at radius 3 is 2.65 bits per heavy atom. The molecule has 0 bridgehead atoms. The number of nitrogens with zero attached hydrogens (tertiary/aromatic N) is 2. The smallest absolute Gasteiger partial charge is 0.412 e. The number of nitrogens with two attached hydrogens (primary N) is 1. The lowest BCUT2D eigenvalue weighted by molar-refractivity contribution is -0.119. The summed E-state index contributed by atoms with van der Waals surface area (Å²) in [6, 6.07) is 8.96. The molecule has 196 valence electrons. The van der Waals surface area contributed by atoms with Gasteiger partial charge in [-0.2, -0.15) is 0 Å². The quantitative estimate of drug-likeness (QED) is 0.346. The van der Waals surface area contributed by atoms with Gasteiger partial charge in [0.25, 0.3) is 0 Å². The zero-order chi connectivity index (χ0) is 26.9. The average Bonchev–Trinajstić information content (AvgIpc) is 2.88. The first-order valence-electron chi connectivity index (χ1n) is 11.4. The second-order valence-electron chi connectivity index (χ2n) is 8.24. The highest BCUT2D eigenvalue weighted by Gasteiger charge is 2.23. The highest BCUT2D eigenvalue weighted by atomic mass is 19.1. The van der Waals surface area contributed by atoms with Crippen LogP contribution in [0.15, 0.2) is 48.7 Å². The number of likely N-dealkylation sites (N-methyl/N-ethyl adjacent to an activating group) is 1. The highest BCUT2D eigenvalue weighted by Crippen LogP contribution is 2.18. The summed E-state index contributed by atoms with van der Waals surface area (Å²) >= 11 is 0. The van der Waals surface area contributed by atoms with Crippen LogP contribution in [0.3, 0.4) is 0 Å². The average molecular weight is 515 g/mol. The second kappa shape index (κ2) is 12.6. The Labute approximate surface area is 212 Å². The number of fused-ring (bicyclic) bond motifs is 1. The molecule has 1 atom stereocenters. The van der Waals surface area contributed by atoms with Crippen molar-refractivity contribution in [2.24, 2.45) is 5.73 Å². The molecule has 0 aliphatic rings. The van der Waals surface area contributed by atoms with E-state index in [1.54, 1.807) is 25.1 Å². The van der Waals surface area contributed by atoms with Crippen molar-refractivity contribution >= 4 is 34.6 Å². The monoisotopic (exact) mass is 514 g/mol. The summed E-state index contributed by atoms with van der Waals surface area (Å²) < 4.78 is 32.5. The van der Waals surface area contributed by atoms with E-state index in [0.29, 0.717) is 21.9 Å². The molecular formula is C25H28F2N6O4. The first kappa shape index (κ1) is 27.3. The molecule has 1 aromatic heterocycles. The molecule has 0 fully saturated rings.